The Labute approximate surface area is 182 Å². The van der Waals surface area contributed by atoms with Crippen molar-refractivity contribution in [1.82, 2.24) is 9.88 Å². The van der Waals surface area contributed by atoms with E-state index in [2.05, 4.69) is 4.98 Å². The molecule has 2 atom stereocenters. The van der Waals surface area contributed by atoms with E-state index in [1.165, 1.54) is 0 Å². The lowest BCUT2D eigenvalue weighted by atomic mass is 9.94. The van der Waals surface area contributed by atoms with Gasteiger partial charge in [-0.15, -0.1) is 23.2 Å². The number of likely N-dealkylation sites (tertiary alicyclic amines) is 1. The first-order valence-electron chi connectivity index (χ1n) is 10.2. The van der Waals surface area contributed by atoms with Crippen molar-refractivity contribution in [3.63, 3.8) is 0 Å². The van der Waals surface area contributed by atoms with Crippen LogP contribution >= 0.6 is 23.2 Å². The Balaban J connectivity index is 1.48. The van der Waals surface area contributed by atoms with Gasteiger partial charge < -0.3 is 9.64 Å². The van der Waals surface area contributed by atoms with Crippen molar-refractivity contribution in [3.05, 3.63) is 59.9 Å². The third kappa shape index (κ3) is 4.39. The highest BCUT2D eigenvalue weighted by Gasteiger charge is 2.52. The molecule has 2 aliphatic rings. The number of carbonyl (C=O) groups excluding carboxylic acids is 1. The number of amides is 1. The van der Waals surface area contributed by atoms with Crippen molar-refractivity contribution in [1.29, 1.82) is 0 Å². The Morgan fingerprint density at radius 2 is 1.90 bits per heavy atom. The third-order valence-corrected chi connectivity index (χ3v) is 6.66. The minimum atomic E-state index is -0.971. The number of hydrogen-bond acceptors (Lipinski definition) is 3. The van der Waals surface area contributed by atoms with Gasteiger partial charge in [0, 0.05) is 24.9 Å². The highest BCUT2D eigenvalue weighted by atomic mass is 35.5. The SMILES string of the molecule is CC(C)(Oc1ccc(C2CC2(Cl)Cl)cc1)C(=O)N1CCCC[C@H]1c1cccnc1. The van der Waals surface area contributed by atoms with E-state index in [0.717, 1.165) is 43.4 Å². The number of rotatable bonds is 5. The van der Waals surface area contributed by atoms with Crippen LogP contribution in [0.3, 0.4) is 0 Å². The van der Waals surface area contributed by atoms with Crippen LogP contribution < -0.4 is 4.74 Å². The lowest BCUT2D eigenvalue weighted by molar-refractivity contribution is -0.149. The summed E-state index contributed by atoms with van der Waals surface area (Å²) < 4.78 is 5.49. The lowest BCUT2D eigenvalue weighted by Crippen LogP contribution is -2.51. The number of hydrogen-bond donors (Lipinski definition) is 0. The Bertz CT molecular complexity index is 868. The lowest BCUT2D eigenvalue weighted by Gasteiger charge is -2.40. The van der Waals surface area contributed by atoms with Gasteiger partial charge in [-0.3, -0.25) is 9.78 Å². The van der Waals surface area contributed by atoms with Gasteiger partial charge in [-0.2, -0.15) is 0 Å². The van der Waals surface area contributed by atoms with Crippen molar-refractivity contribution in [3.8, 4) is 5.75 Å². The van der Waals surface area contributed by atoms with Crippen LogP contribution in [-0.2, 0) is 4.79 Å². The predicted molar refractivity (Wildman–Crippen MR) is 115 cm³/mol. The van der Waals surface area contributed by atoms with Crippen LogP contribution in [0.25, 0.3) is 0 Å². The van der Waals surface area contributed by atoms with Crippen LogP contribution in [0.15, 0.2) is 48.8 Å². The molecule has 1 saturated carbocycles. The molecule has 0 N–H and O–H groups in total. The fraction of sp³-hybridized carbons (Fsp3) is 0.478. The Morgan fingerprint density at radius 3 is 2.52 bits per heavy atom. The van der Waals surface area contributed by atoms with Gasteiger partial charge in [-0.05, 0) is 68.9 Å². The van der Waals surface area contributed by atoms with Crippen molar-refractivity contribution < 1.29 is 9.53 Å². The summed E-state index contributed by atoms with van der Waals surface area (Å²) in [6, 6.07) is 11.8. The van der Waals surface area contributed by atoms with E-state index in [1.54, 1.807) is 6.20 Å². The molecule has 2 aromatic rings. The predicted octanol–water partition coefficient (Wildman–Crippen LogP) is 5.65. The minimum absolute atomic E-state index is 0.00199. The molecule has 1 saturated heterocycles. The first-order valence-corrected chi connectivity index (χ1v) is 10.9. The Hall–Kier alpha value is -1.78. The molecular formula is C23H26Cl2N2O2. The van der Waals surface area contributed by atoms with Crippen LogP contribution in [0.5, 0.6) is 5.75 Å². The first kappa shape index (κ1) is 20.5. The summed E-state index contributed by atoms with van der Waals surface area (Å²) in [6.45, 7) is 4.41. The van der Waals surface area contributed by atoms with Crippen molar-refractivity contribution >= 4 is 29.1 Å². The van der Waals surface area contributed by atoms with E-state index < -0.39 is 9.93 Å². The number of aromatic nitrogens is 1. The van der Waals surface area contributed by atoms with Crippen molar-refractivity contribution in [2.45, 2.75) is 61.4 Å². The zero-order valence-electron chi connectivity index (χ0n) is 16.8. The number of carbonyl (C=O) groups is 1. The van der Waals surface area contributed by atoms with E-state index in [0.29, 0.717) is 5.75 Å². The molecule has 0 spiro atoms. The quantitative estimate of drug-likeness (QED) is 0.572. The van der Waals surface area contributed by atoms with E-state index in [1.807, 2.05) is 61.3 Å². The van der Waals surface area contributed by atoms with Gasteiger partial charge in [0.15, 0.2) is 5.60 Å². The van der Waals surface area contributed by atoms with Gasteiger partial charge in [0.25, 0.3) is 5.91 Å². The highest BCUT2D eigenvalue weighted by Crippen LogP contribution is 2.59. The molecule has 1 aromatic heterocycles. The highest BCUT2D eigenvalue weighted by molar-refractivity contribution is 6.51. The molecule has 6 heteroatoms. The smallest absolute Gasteiger partial charge is 0.266 e. The summed E-state index contributed by atoms with van der Waals surface area (Å²) in [5.41, 5.74) is 1.21. The summed E-state index contributed by atoms with van der Waals surface area (Å²) >= 11 is 12.3. The summed E-state index contributed by atoms with van der Waals surface area (Å²) in [4.78, 5) is 19.6. The normalized spacial score (nSPS) is 23.5. The maximum absolute atomic E-state index is 13.4. The monoisotopic (exact) mass is 432 g/mol. The number of benzene rings is 1. The molecule has 4 rings (SSSR count). The van der Waals surface area contributed by atoms with Gasteiger partial charge in [-0.25, -0.2) is 0 Å². The van der Waals surface area contributed by atoms with Crippen LogP contribution in [0.4, 0.5) is 0 Å². The van der Waals surface area contributed by atoms with Gasteiger partial charge in [0.05, 0.1) is 6.04 Å². The molecule has 0 radical (unpaired) electrons. The van der Waals surface area contributed by atoms with Crippen LogP contribution in [0, 0.1) is 0 Å². The molecule has 0 bridgehead atoms. The molecule has 1 unspecified atom stereocenters. The number of ether oxygens (including phenoxy) is 1. The van der Waals surface area contributed by atoms with Gasteiger partial charge in [0.2, 0.25) is 0 Å². The number of alkyl halides is 2. The molecule has 29 heavy (non-hydrogen) atoms. The number of pyridine rings is 1. The van der Waals surface area contributed by atoms with Gasteiger partial charge in [-0.1, -0.05) is 18.2 Å². The van der Waals surface area contributed by atoms with E-state index >= 15 is 0 Å². The number of nitrogens with zero attached hydrogens (tertiary/aromatic N) is 2. The fourth-order valence-electron chi connectivity index (χ4n) is 4.12. The standard InChI is InChI=1S/C23H26Cl2N2O2/c1-22(2,29-18-10-8-16(9-11-18)19-14-23(19,24)25)21(28)27-13-4-3-7-20(27)17-6-5-12-26-15-17/h5-6,8-12,15,19-20H,3-4,7,13-14H2,1-2H3/t19?,20-/m0/s1. The van der Waals surface area contributed by atoms with E-state index in [-0.39, 0.29) is 17.9 Å². The largest absolute Gasteiger partial charge is 0.478 e. The van der Waals surface area contributed by atoms with Crippen molar-refractivity contribution in [2.75, 3.05) is 6.54 Å². The summed E-state index contributed by atoms with van der Waals surface area (Å²) in [6.07, 6.45) is 7.44. The molecule has 2 fully saturated rings. The maximum atomic E-state index is 13.4. The molecule has 2 heterocycles. The van der Waals surface area contributed by atoms with E-state index in [9.17, 15) is 4.79 Å². The molecule has 154 valence electrons. The Kier molecular flexibility index (Phi) is 5.52. The minimum Gasteiger partial charge on any atom is -0.478 e. The summed E-state index contributed by atoms with van der Waals surface area (Å²) in [5, 5.41) is 0. The van der Waals surface area contributed by atoms with Crippen molar-refractivity contribution in [2.24, 2.45) is 0 Å². The molecule has 1 aromatic carbocycles. The molecular weight excluding hydrogens is 407 g/mol. The average Bonchev–Trinajstić information content (AvgIpc) is 3.36. The topological polar surface area (TPSA) is 42.4 Å². The van der Waals surface area contributed by atoms with E-state index in [4.69, 9.17) is 27.9 Å². The first-order chi connectivity index (χ1) is 13.8. The second kappa shape index (κ2) is 7.81. The van der Waals surface area contributed by atoms with Crippen LogP contribution in [0.1, 0.15) is 62.6 Å². The number of piperidine rings is 1. The maximum Gasteiger partial charge on any atom is 0.266 e. The zero-order chi connectivity index (χ0) is 20.6. The van der Waals surface area contributed by atoms with Crippen LogP contribution in [0.2, 0.25) is 0 Å². The summed E-state index contributed by atoms with van der Waals surface area (Å²) in [5.74, 6) is 0.832. The second-order valence-corrected chi connectivity index (χ2v) is 10.0. The van der Waals surface area contributed by atoms with Crippen LogP contribution in [-0.4, -0.2) is 32.3 Å². The molecule has 1 amide bonds. The summed E-state index contributed by atoms with van der Waals surface area (Å²) in [7, 11) is 0. The third-order valence-electron chi connectivity index (χ3n) is 5.83. The Morgan fingerprint density at radius 1 is 1.17 bits per heavy atom. The van der Waals surface area contributed by atoms with Gasteiger partial charge in [0.1, 0.15) is 10.1 Å². The molecule has 4 nitrogen and oxygen atoms in total. The molecule has 1 aliphatic heterocycles. The average molecular weight is 433 g/mol. The number of halogens is 2. The molecule has 1 aliphatic carbocycles. The second-order valence-electron chi connectivity index (χ2n) is 8.50. The fourth-order valence-corrected chi connectivity index (χ4v) is 4.68. The van der Waals surface area contributed by atoms with Gasteiger partial charge >= 0.3 is 0 Å². The zero-order valence-corrected chi connectivity index (χ0v) is 18.3.